The molecule has 0 radical (unpaired) electrons. The second-order valence-electron chi connectivity index (χ2n) is 35.3. The number of H-pyrrole nitrogens is 2. The molecule has 2 aliphatic heterocycles. The Hall–Kier alpha value is -13.2. The number of ether oxygens (including phenoxy) is 2. The molecule has 141 heavy (non-hydrogen) atoms. The van der Waals surface area contributed by atoms with Gasteiger partial charge < -0.3 is 121 Å². The van der Waals surface area contributed by atoms with Crippen LogP contribution < -0.4 is 91.6 Å². The van der Waals surface area contributed by atoms with E-state index in [4.69, 9.17) is 32.1 Å². The fourth-order valence-electron chi connectivity index (χ4n) is 15.8. The molecule has 0 unspecified atom stereocenters. The number of para-hydroxylation sites is 1. The summed E-state index contributed by atoms with van der Waals surface area (Å²) in [5, 5.41) is 79.4. The number of urea groups is 1. The van der Waals surface area contributed by atoms with E-state index in [1.54, 1.807) is 67.5 Å². The van der Waals surface area contributed by atoms with Crippen molar-refractivity contribution in [2.24, 2.45) is 22.2 Å². The number of carbonyl (C=O) groups is 17. The second kappa shape index (κ2) is 66.4. The summed E-state index contributed by atoms with van der Waals surface area (Å²) in [5.74, 6) is -13.2. The molecule has 6 rings (SSSR count). The van der Waals surface area contributed by atoms with Crippen LogP contribution in [0.3, 0.4) is 0 Å². The summed E-state index contributed by atoms with van der Waals surface area (Å²) in [7, 11) is 1.71. The summed E-state index contributed by atoms with van der Waals surface area (Å²) in [6.07, 6.45) is 19.9. The van der Waals surface area contributed by atoms with Gasteiger partial charge >= 0.3 is 6.03 Å². The first-order chi connectivity index (χ1) is 67.8. The first-order valence-electron chi connectivity index (χ1n) is 49.0. The third-order valence-corrected chi connectivity index (χ3v) is 23.9. The van der Waals surface area contributed by atoms with Crippen LogP contribution >= 0.6 is 0 Å². The highest BCUT2D eigenvalue weighted by molar-refractivity contribution is 6.01. The quantitative estimate of drug-likeness (QED) is 0.0156. The van der Waals surface area contributed by atoms with Gasteiger partial charge in [0.15, 0.2) is 11.7 Å². The lowest BCUT2D eigenvalue weighted by atomic mass is 9.99. The number of aryl methyl sites for hydroxylation is 1. The molecular weight excluding hydrogens is 1830 g/mol. The van der Waals surface area contributed by atoms with Gasteiger partial charge in [0.2, 0.25) is 82.7 Å². The van der Waals surface area contributed by atoms with Crippen molar-refractivity contribution in [1.29, 1.82) is 5.41 Å². The maximum atomic E-state index is 15.1. The highest BCUT2D eigenvalue weighted by Gasteiger charge is 2.38. The molecule has 0 saturated carbocycles. The molecule has 2 aromatic heterocycles. The van der Waals surface area contributed by atoms with Crippen molar-refractivity contribution in [2.45, 2.75) is 305 Å². The molecule has 0 aliphatic carbocycles. The summed E-state index contributed by atoms with van der Waals surface area (Å²) in [6, 6.07) is -2.72. The smallest absolute Gasteiger partial charge is 0.312 e. The van der Waals surface area contributed by atoms with Crippen LogP contribution in [0.2, 0.25) is 0 Å². The average Bonchev–Trinajstić information content (AvgIpc) is 1.73. The number of hydrogen-bond acceptors (Lipinski definition) is 26. The van der Waals surface area contributed by atoms with Crippen LogP contribution in [0.1, 0.15) is 236 Å². The number of guanidine groups is 1. The lowest BCUT2D eigenvalue weighted by Crippen LogP contribution is -2.61. The molecule has 1 saturated heterocycles. The Balaban J connectivity index is 1.09. The van der Waals surface area contributed by atoms with E-state index in [0.29, 0.717) is 49.8 Å². The van der Waals surface area contributed by atoms with E-state index in [1.807, 2.05) is 18.2 Å². The normalized spacial score (nSPS) is 18.0. The lowest BCUT2D eigenvalue weighted by Gasteiger charge is -2.28. The number of benzene rings is 2. The predicted octanol–water partition coefficient (Wildman–Crippen LogP) is -0.0861. The fraction of sp³-hybridized carbons (Fsp3) is 0.621. The number of unbranched alkanes of at least 4 members (excludes halogenated alkanes) is 13. The van der Waals surface area contributed by atoms with E-state index in [9.17, 15) is 77.3 Å². The van der Waals surface area contributed by atoms with Crippen molar-refractivity contribution < 1.29 is 101 Å². The van der Waals surface area contributed by atoms with E-state index in [-0.39, 0.29) is 134 Å². The van der Waals surface area contributed by atoms with E-state index in [0.717, 1.165) is 55.3 Å². The maximum absolute atomic E-state index is 15.1. The van der Waals surface area contributed by atoms with E-state index < -0.39 is 206 Å². The number of allylic oxidation sites excluding steroid dienone is 1. The predicted molar refractivity (Wildman–Crippen MR) is 520 cm³/mol. The summed E-state index contributed by atoms with van der Waals surface area (Å²) in [6.45, 7) is 0.222. The van der Waals surface area contributed by atoms with Gasteiger partial charge in [0, 0.05) is 113 Å². The standard InChI is InChI=1S/C95H147N25O21/c1-4-5-35-69(84(129)110-72-43-42-65(124)33-21-18-22-36-67(61(2)123)106-90(135)75(54-63-56-103-68-37-26-25-34-66(63)68)113-86(131)71(38-28-47-101-94(97)98)108-89(134)74(53-62-30-19-17-20-31-62)112-85(130)70(107-87(72)132)39-29-48-102-95(99)139)109-93(138)78(59-122)115-91(136)76(55-64-32-27-46-100-64)114-88(133)73(44-45-79(96)125)111-92(137)77(58-121)105-81(126)57-104-82(127)60-141-52-51-140-50-49-120(3)83(128)41-24-16-14-12-10-8-6-7-9-11-13-15-23-40-80-116-118-119-117-80/h17,19-20,25-26,30-32,34,37,46,56,67,69-78,103,121-122H,4-16,18,21-24,27-29,33,35-36,38-45,47-55,57-60H2,1-3H3,(H2,96,125)(H,104,127)(H,105,126)(H,106,135)(H,107,132)(H,108,134)(H,109,138)(H,110,129)(H,111,137)(H,112,130)(H,113,131)(H,114,133)(H,115,136)(H4,97,98,101)(H3,99,102,139)(H,116,117,118,119)/t67-,69-,70-,71-,72-,73+,74+,75-,76-,77-,78-/m0/s1. The SMILES string of the molecule is CCCC[C@H](NC(=O)[C@H](CO)NC(=O)[C@H](CC1=CCC=N1)NC(=O)[C@@H](CCC(N)=O)NC(=O)[C@H](CO)NC(=O)CNC(=O)COCCOCCN(C)C(=O)CCCCCCCCCCCCCCCc1nnn[nH]1)C(=O)N[C@H]1CCC(=O)CCCCC[C@@H](C(C)=O)NC(=O)[C@H](Cc2c[nH]c3ccccc23)NC(=O)[C@H](CCCNC(=N)N)NC(=O)[C@@H](Cc2ccccc2)NC(=O)[C@H](CCCNC(N)=O)NC1=O. The number of primary amides is 2. The van der Waals surface area contributed by atoms with Gasteiger partial charge in [0.1, 0.15) is 78.6 Å². The number of hydrogen-bond donors (Lipinski definition) is 22. The number of tetrazole rings is 1. The molecule has 1 fully saturated rings. The van der Waals surface area contributed by atoms with Gasteiger partial charge in [-0.2, -0.15) is 0 Å². The number of ketones is 2. The lowest BCUT2D eigenvalue weighted by molar-refractivity contribution is -0.137. The van der Waals surface area contributed by atoms with E-state index in [1.165, 1.54) is 64.5 Å². The molecule has 4 aromatic rings. The van der Waals surface area contributed by atoms with Crippen LogP contribution in [0.4, 0.5) is 4.79 Å². The maximum Gasteiger partial charge on any atom is 0.312 e. The highest BCUT2D eigenvalue weighted by Crippen LogP contribution is 2.23. The van der Waals surface area contributed by atoms with Crippen LogP contribution in [0.25, 0.3) is 10.9 Å². The number of carbonyl (C=O) groups excluding carboxylic acids is 17. The zero-order chi connectivity index (χ0) is 103. The molecule has 0 spiro atoms. The Morgan fingerprint density at radius 3 is 1.74 bits per heavy atom. The topological polar surface area (TPSA) is 705 Å². The van der Waals surface area contributed by atoms with Crippen LogP contribution in [0.15, 0.2) is 77.6 Å². The van der Waals surface area contributed by atoms with Crippen molar-refractivity contribution in [3.63, 3.8) is 0 Å². The second-order valence-corrected chi connectivity index (χ2v) is 35.3. The van der Waals surface area contributed by atoms with Gasteiger partial charge in [-0.3, -0.25) is 87.1 Å². The van der Waals surface area contributed by atoms with Gasteiger partial charge in [0.05, 0.1) is 45.6 Å². The largest absolute Gasteiger partial charge is 0.394 e. The first kappa shape index (κ1) is 116. The van der Waals surface area contributed by atoms with Crippen molar-refractivity contribution in [2.75, 3.05) is 72.9 Å². The molecule has 11 atom stereocenters. The van der Waals surface area contributed by atoms with Crippen molar-refractivity contribution in [1.82, 2.24) is 105 Å². The Labute approximate surface area is 820 Å². The number of likely N-dealkylation sites (N-methyl/N-ethyl adjacent to an activating group) is 1. The van der Waals surface area contributed by atoms with Gasteiger partial charge in [-0.1, -0.05) is 158 Å². The monoisotopic (exact) mass is 1970 g/mol. The minimum Gasteiger partial charge on any atom is -0.394 e. The third kappa shape index (κ3) is 46.6. The van der Waals surface area contributed by atoms with E-state index in [2.05, 4.69) is 105 Å². The average molecular weight is 1980 g/mol. The molecular formula is C95H147N25O21. The Morgan fingerprint density at radius 2 is 1.13 bits per heavy atom. The third-order valence-electron chi connectivity index (χ3n) is 23.9. The van der Waals surface area contributed by atoms with E-state index >= 15 is 14.4 Å². The fourth-order valence-corrected chi connectivity index (χ4v) is 15.8. The van der Waals surface area contributed by atoms with Crippen molar-refractivity contribution in [3.8, 4) is 0 Å². The Kier molecular flexibility index (Phi) is 54.8. The van der Waals surface area contributed by atoms with Gasteiger partial charge in [-0.05, 0) is 105 Å². The number of rotatable bonds is 60. The van der Waals surface area contributed by atoms with Gasteiger partial charge in [-0.25, -0.2) is 9.89 Å². The number of nitrogens with two attached hydrogens (primary N) is 3. The number of nitrogens with one attached hydrogen (secondary N) is 17. The number of nitrogens with zero attached hydrogens (tertiary/aromatic N) is 5. The summed E-state index contributed by atoms with van der Waals surface area (Å²) >= 11 is 0. The number of amides is 16. The number of Topliss-reactive ketones (excluding diaryl/α,β-unsaturated/α-hetero) is 2. The summed E-state index contributed by atoms with van der Waals surface area (Å²) in [5.41, 5.74) is 18.6. The minimum absolute atomic E-state index is 0.0114. The zero-order valence-corrected chi connectivity index (χ0v) is 81.2. The Bertz CT molecular complexity index is 4730. The van der Waals surface area contributed by atoms with Crippen LogP contribution in [-0.2, 0) is 105 Å². The molecule has 46 nitrogen and oxygen atoms in total. The van der Waals surface area contributed by atoms with Crippen molar-refractivity contribution in [3.05, 3.63) is 89.5 Å². The zero-order valence-electron chi connectivity index (χ0n) is 81.2. The molecule has 778 valence electrons. The number of aromatic nitrogens is 5. The number of aliphatic imine (C=N–C) groups is 1. The number of fused-ring (bicyclic) bond motifs is 1. The Morgan fingerprint density at radius 1 is 0.560 bits per heavy atom. The summed E-state index contributed by atoms with van der Waals surface area (Å²) in [4.78, 5) is 246. The molecule has 2 aromatic carbocycles. The van der Waals surface area contributed by atoms with Gasteiger partial charge in [0.25, 0.3) is 0 Å². The number of aliphatic hydroxyl groups excluding tert-OH is 2. The highest BCUT2D eigenvalue weighted by atomic mass is 16.5. The van der Waals surface area contributed by atoms with Crippen molar-refractivity contribution >= 4 is 123 Å². The molecule has 25 N–H and O–H groups in total. The van der Waals surface area contributed by atoms with Gasteiger partial charge in [-0.15, -0.1) is 5.10 Å². The molecule has 4 heterocycles. The molecule has 16 amide bonds. The van der Waals surface area contributed by atoms with Crippen LogP contribution in [0, 0.1) is 5.41 Å². The number of aromatic amines is 2. The minimum atomic E-state index is -1.91. The van der Waals surface area contributed by atoms with Crippen LogP contribution in [-0.4, -0.2) is 293 Å². The molecule has 0 bridgehead atoms. The van der Waals surface area contributed by atoms with Crippen LogP contribution in [0.5, 0.6) is 0 Å². The summed E-state index contributed by atoms with van der Waals surface area (Å²) < 4.78 is 11.0. The molecule has 46 heteroatoms. The first-order valence-corrected chi connectivity index (χ1v) is 49.0. The molecule has 2 aliphatic rings. The number of aliphatic hydroxyl groups is 2.